The number of anilines is 2. The van der Waals surface area contributed by atoms with Gasteiger partial charge in [0, 0.05) is 28.9 Å². The van der Waals surface area contributed by atoms with Crippen LogP contribution < -0.4 is 10.6 Å². The van der Waals surface area contributed by atoms with Gasteiger partial charge in [0.2, 0.25) is 0 Å². The summed E-state index contributed by atoms with van der Waals surface area (Å²) in [5.41, 5.74) is 6.49. The van der Waals surface area contributed by atoms with Crippen LogP contribution in [0.25, 0.3) is 0 Å². The molecule has 0 saturated carbocycles. The van der Waals surface area contributed by atoms with Crippen molar-refractivity contribution in [2.75, 3.05) is 17.2 Å². The normalized spacial score (nSPS) is 12.9. The first-order valence-corrected chi connectivity index (χ1v) is 7.38. The summed E-state index contributed by atoms with van der Waals surface area (Å²) >= 11 is 3.64. The molecule has 1 aliphatic heterocycles. The van der Waals surface area contributed by atoms with Crippen molar-refractivity contribution in [3.05, 3.63) is 57.6 Å². The third-order valence-electron chi connectivity index (χ3n) is 3.59. The third-order valence-corrected chi connectivity index (χ3v) is 4.65. The lowest BCUT2D eigenvalue weighted by Gasteiger charge is -2.13. The van der Waals surface area contributed by atoms with E-state index in [2.05, 4.69) is 69.9 Å². The van der Waals surface area contributed by atoms with Gasteiger partial charge < -0.3 is 10.6 Å². The molecule has 0 saturated heterocycles. The molecular weight excluding hydrogens is 300 g/mol. The predicted molar refractivity (Wildman–Crippen MR) is 84.8 cm³/mol. The van der Waals surface area contributed by atoms with Crippen molar-refractivity contribution in [3.63, 3.8) is 0 Å². The van der Waals surface area contributed by atoms with Crippen LogP contribution in [-0.2, 0) is 13.0 Å². The largest absolute Gasteiger partial charge is 0.384 e. The molecule has 2 N–H and O–H groups in total. The zero-order valence-electron chi connectivity index (χ0n) is 11.0. The highest BCUT2D eigenvalue weighted by atomic mass is 79.9. The number of hydrogen-bond acceptors (Lipinski definition) is 2. The quantitative estimate of drug-likeness (QED) is 0.880. The maximum atomic E-state index is 3.64. The van der Waals surface area contributed by atoms with Gasteiger partial charge in [-0.1, -0.05) is 30.3 Å². The molecule has 98 valence electrons. The number of aryl methyl sites for hydroxylation is 1. The first kappa shape index (κ1) is 12.5. The maximum absolute atomic E-state index is 3.64. The van der Waals surface area contributed by atoms with E-state index in [0.29, 0.717) is 0 Å². The second-order valence-corrected chi connectivity index (χ2v) is 5.71. The van der Waals surface area contributed by atoms with Crippen LogP contribution in [0, 0.1) is 6.92 Å². The second kappa shape index (κ2) is 5.25. The van der Waals surface area contributed by atoms with Crippen LogP contribution in [0.15, 0.2) is 40.9 Å². The van der Waals surface area contributed by atoms with Crippen LogP contribution in [-0.4, -0.2) is 6.54 Å². The average Bonchev–Trinajstić information content (AvgIpc) is 2.89. The Morgan fingerprint density at radius 3 is 2.95 bits per heavy atom. The van der Waals surface area contributed by atoms with E-state index in [1.165, 1.54) is 22.4 Å². The summed E-state index contributed by atoms with van der Waals surface area (Å²) in [6.07, 6.45) is 1.14. The standard InChI is InChI=1S/C16H17BrN2/c1-11-4-2-7-14(15(11)17)19-10-13-6-3-5-12-8-9-18-16(12)13/h2-7,18-19H,8-10H2,1H3. The Hall–Kier alpha value is -1.48. The molecule has 1 heterocycles. The number of rotatable bonds is 3. The summed E-state index contributed by atoms with van der Waals surface area (Å²) in [5, 5.41) is 6.99. The van der Waals surface area contributed by atoms with E-state index >= 15 is 0 Å². The van der Waals surface area contributed by atoms with Gasteiger partial charge >= 0.3 is 0 Å². The van der Waals surface area contributed by atoms with Crippen molar-refractivity contribution in [2.24, 2.45) is 0 Å². The van der Waals surface area contributed by atoms with E-state index < -0.39 is 0 Å². The highest BCUT2D eigenvalue weighted by Crippen LogP contribution is 2.29. The van der Waals surface area contributed by atoms with Gasteiger partial charge in [0.1, 0.15) is 0 Å². The first-order valence-electron chi connectivity index (χ1n) is 6.59. The molecular formula is C16H17BrN2. The molecule has 1 aliphatic rings. The molecule has 0 unspecified atom stereocenters. The number of nitrogens with one attached hydrogen (secondary N) is 2. The molecule has 0 aromatic heterocycles. The number of fused-ring (bicyclic) bond motifs is 1. The van der Waals surface area contributed by atoms with Gasteiger partial charge in [0.25, 0.3) is 0 Å². The topological polar surface area (TPSA) is 24.1 Å². The van der Waals surface area contributed by atoms with E-state index in [9.17, 15) is 0 Å². The molecule has 0 radical (unpaired) electrons. The number of benzene rings is 2. The van der Waals surface area contributed by atoms with Crippen molar-refractivity contribution in [3.8, 4) is 0 Å². The molecule has 0 spiro atoms. The number of halogens is 1. The summed E-state index contributed by atoms with van der Waals surface area (Å²) in [5.74, 6) is 0. The summed E-state index contributed by atoms with van der Waals surface area (Å²) in [6, 6.07) is 12.8. The zero-order chi connectivity index (χ0) is 13.2. The van der Waals surface area contributed by atoms with Crippen LogP contribution in [0.2, 0.25) is 0 Å². The molecule has 2 aromatic rings. The van der Waals surface area contributed by atoms with E-state index in [1.54, 1.807) is 0 Å². The Bertz CT molecular complexity index is 608. The lowest BCUT2D eigenvalue weighted by Crippen LogP contribution is -2.03. The summed E-state index contributed by atoms with van der Waals surface area (Å²) in [7, 11) is 0. The van der Waals surface area contributed by atoms with E-state index in [0.717, 1.165) is 29.7 Å². The van der Waals surface area contributed by atoms with Gasteiger partial charge in [-0.15, -0.1) is 0 Å². The van der Waals surface area contributed by atoms with Gasteiger partial charge in [0.15, 0.2) is 0 Å². The molecule has 0 bridgehead atoms. The fourth-order valence-corrected chi connectivity index (χ4v) is 2.94. The average molecular weight is 317 g/mol. The molecule has 3 heteroatoms. The van der Waals surface area contributed by atoms with Crippen LogP contribution in [0.3, 0.4) is 0 Å². The molecule has 0 fully saturated rings. The smallest absolute Gasteiger partial charge is 0.0490 e. The molecule has 2 aromatic carbocycles. The Morgan fingerprint density at radius 1 is 1.21 bits per heavy atom. The Morgan fingerprint density at radius 2 is 2.05 bits per heavy atom. The van der Waals surface area contributed by atoms with Crippen molar-refractivity contribution in [1.29, 1.82) is 0 Å². The van der Waals surface area contributed by atoms with Gasteiger partial charge in [-0.25, -0.2) is 0 Å². The molecule has 0 atom stereocenters. The first-order chi connectivity index (χ1) is 9.25. The van der Waals surface area contributed by atoms with Crippen LogP contribution in [0.1, 0.15) is 16.7 Å². The van der Waals surface area contributed by atoms with Gasteiger partial charge in [-0.05, 0) is 52.0 Å². The highest BCUT2D eigenvalue weighted by molar-refractivity contribution is 9.10. The second-order valence-electron chi connectivity index (χ2n) is 4.92. The van der Waals surface area contributed by atoms with Crippen molar-refractivity contribution < 1.29 is 0 Å². The molecule has 3 rings (SSSR count). The molecule has 0 aliphatic carbocycles. The number of para-hydroxylation sites is 1. The minimum atomic E-state index is 0.845. The van der Waals surface area contributed by atoms with Gasteiger partial charge in [0.05, 0.1) is 0 Å². The number of hydrogen-bond donors (Lipinski definition) is 2. The minimum absolute atomic E-state index is 0.845. The lowest BCUT2D eigenvalue weighted by molar-refractivity contribution is 1.11. The van der Waals surface area contributed by atoms with Crippen molar-refractivity contribution in [2.45, 2.75) is 19.9 Å². The summed E-state index contributed by atoms with van der Waals surface area (Å²) in [6.45, 7) is 4.01. The molecule has 19 heavy (non-hydrogen) atoms. The van der Waals surface area contributed by atoms with Crippen LogP contribution in [0.5, 0.6) is 0 Å². The van der Waals surface area contributed by atoms with E-state index in [-0.39, 0.29) is 0 Å². The van der Waals surface area contributed by atoms with Gasteiger partial charge in [-0.2, -0.15) is 0 Å². The van der Waals surface area contributed by atoms with E-state index in [4.69, 9.17) is 0 Å². The maximum Gasteiger partial charge on any atom is 0.0490 e. The SMILES string of the molecule is Cc1cccc(NCc2cccc3c2NCC3)c1Br. The van der Waals surface area contributed by atoms with Gasteiger partial charge in [-0.3, -0.25) is 0 Å². The summed E-state index contributed by atoms with van der Waals surface area (Å²) in [4.78, 5) is 0. The molecule has 0 amide bonds. The Balaban J connectivity index is 1.80. The van der Waals surface area contributed by atoms with Crippen molar-refractivity contribution in [1.82, 2.24) is 0 Å². The third kappa shape index (κ3) is 2.47. The fraction of sp³-hybridized carbons (Fsp3) is 0.250. The fourth-order valence-electron chi connectivity index (χ4n) is 2.53. The van der Waals surface area contributed by atoms with Crippen LogP contribution in [0.4, 0.5) is 11.4 Å². The monoisotopic (exact) mass is 316 g/mol. The Kier molecular flexibility index (Phi) is 3.47. The highest BCUT2D eigenvalue weighted by Gasteiger charge is 2.13. The zero-order valence-corrected chi connectivity index (χ0v) is 12.5. The summed E-state index contributed by atoms with van der Waals surface area (Å²) < 4.78 is 1.15. The van der Waals surface area contributed by atoms with Crippen molar-refractivity contribution >= 4 is 27.3 Å². The minimum Gasteiger partial charge on any atom is -0.384 e. The van der Waals surface area contributed by atoms with E-state index in [1.807, 2.05) is 0 Å². The lowest BCUT2D eigenvalue weighted by atomic mass is 10.1. The Labute approximate surface area is 122 Å². The predicted octanol–water partition coefficient (Wildman–Crippen LogP) is 4.34. The van der Waals surface area contributed by atoms with Crippen LogP contribution >= 0.6 is 15.9 Å². The molecule has 2 nitrogen and oxygen atoms in total.